The predicted octanol–water partition coefficient (Wildman–Crippen LogP) is 5.90. The summed E-state index contributed by atoms with van der Waals surface area (Å²) in [6.07, 6.45) is -2.26. The molecule has 1 aliphatic heterocycles. The standard InChI is InChI=1S/C43H47N6O10P/c1-4-30(5-2)25-54-42(52)29(3)48-60(53,59-33-19-13-8-14-20-33)55-26-35-39(56-37(50)23-31-15-9-6-10-16-31)40(57-38(51)24-32-17-11-7-12-18-32)43(27-44,58-35)36-22-21-34-41(45)46-28-47-49(34)36/h6-22,28-30,35,39-40H,4-5,23-26H2,1-3H3,(H,48,53)(H2,45,46,47)/t29-,35+,39+,40+,43-,60?/m0/s1. The molecule has 3 aromatic carbocycles. The Labute approximate surface area is 347 Å². The van der Waals surface area contributed by atoms with E-state index in [4.69, 9.17) is 33.7 Å². The smallest absolute Gasteiger partial charge is 0.459 e. The molecule has 1 saturated heterocycles. The molecular weight excluding hydrogens is 791 g/mol. The molecule has 1 fully saturated rings. The summed E-state index contributed by atoms with van der Waals surface area (Å²) < 4.78 is 52.2. The van der Waals surface area contributed by atoms with E-state index in [9.17, 15) is 24.2 Å². The predicted molar refractivity (Wildman–Crippen MR) is 218 cm³/mol. The minimum absolute atomic E-state index is 0.0638. The average molecular weight is 839 g/mol. The number of rotatable bonds is 19. The number of esters is 3. The maximum Gasteiger partial charge on any atom is 0.459 e. The van der Waals surface area contributed by atoms with E-state index in [0.717, 1.165) is 12.8 Å². The SMILES string of the molecule is CCC(CC)COC(=O)[C@H](C)NP(=O)(OC[C@H]1O[C@@](C#N)(c2ccc3c(N)ncnn23)[C@H](OC(=O)Cc2ccccc2)[C@@H]1OC(=O)Cc1ccccc1)Oc1ccccc1. The van der Waals surface area contributed by atoms with Gasteiger partial charge in [-0.15, -0.1) is 0 Å². The van der Waals surface area contributed by atoms with Crippen molar-refractivity contribution in [2.75, 3.05) is 18.9 Å². The molecule has 314 valence electrons. The van der Waals surface area contributed by atoms with Gasteiger partial charge in [0.25, 0.3) is 0 Å². The summed E-state index contributed by atoms with van der Waals surface area (Å²) >= 11 is 0. The number of nitrogen functional groups attached to an aromatic ring is 1. The third-order valence-electron chi connectivity index (χ3n) is 10.0. The van der Waals surface area contributed by atoms with Crippen molar-refractivity contribution in [3.8, 4) is 11.8 Å². The van der Waals surface area contributed by atoms with Gasteiger partial charge in [0.2, 0.25) is 5.60 Å². The zero-order valence-corrected chi connectivity index (χ0v) is 34.3. The summed E-state index contributed by atoms with van der Waals surface area (Å²) in [4.78, 5) is 44.8. The van der Waals surface area contributed by atoms with Crippen molar-refractivity contribution in [1.29, 1.82) is 5.26 Å². The van der Waals surface area contributed by atoms with Crippen LogP contribution in [0.25, 0.3) is 5.52 Å². The maximum atomic E-state index is 14.7. The lowest BCUT2D eigenvalue weighted by molar-refractivity contribution is -0.168. The second-order valence-electron chi connectivity index (χ2n) is 14.2. The van der Waals surface area contributed by atoms with Crippen LogP contribution in [0.15, 0.2) is 109 Å². The molecule has 0 amide bonds. The first-order chi connectivity index (χ1) is 29.0. The lowest BCUT2D eigenvalue weighted by Gasteiger charge is -2.29. The summed E-state index contributed by atoms with van der Waals surface area (Å²) in [5.41, 5.74) is 5.55. The fourth-order valence-electron chi connectivity index (χ4n) is 6.73. The highest BCUT2D eigenvalue weighted by Crippen LogP contribution is 2.48. The topological polar surface area (TPSA) is 216 Å². The Balaban J connectivity index is 1.38. The normalized spacial score (nSPS) is 20.1. The molecule has 5 aromatic rings. The van der Waals surface area contributed by atoms with Crippen molar-refractivity contribution in [2.24, 2.45) is 5.92 Å². The summed E-state index contributed by atoms with van der Waals surface area (Å²) in [6, 6.07) is 29.8. The van der Waals surface area contributed by atoms with E-state index in [-0.39, 0.29) is 42.6 Å². The summed E-state index contributed by atoms with van der Waals surface area (Å²) in [7, 11) is -4.53. The van der Waals surface area contributed by atoms with E-state index < -0.39 is 62.2 Å². The first-order valence-electron chi connectivity index (χ1n) is 19.6. The fourth-order valence-corrected chi connectivity index (χ4v) is 8.23. The molecule has 17 heteroatoms. The Hall–Kier alpha value is -6.11. The number of nitrogens with two attached hydrogens (primary N) is 1. The largest absolute Gasteiger partial charge is 0.464 e. The van der Waals surface area contributed by atoms with E-state index in [1.807, 2.05) is 13.8 Å². The van der Waals surface area contributed by atoms with Gasteiger partial charge in [0.15, 0.2) is 18.0 Å². The highest BCUT2D eigenvalue weighted by atomic mass is 31.2. The van der Waals surface area contributed by atoms with Crippen molar-refractivity contribution < 1.29 is 46.9 Å². The molecule has 6 atom stereocenters. The van der Waals surface area contributed by atoms with Crippen LogP contribution in [0.2, 0.25) is 0 Å². The van der Waals surface area contributed by atoms with Gasteiger partial charge in [-0.05, 0) is 48.2 Å². The summed E-state index contributed by atoms with van der Waals surface area (Å²) in [6.45, 7) is 4.93. The molecule has 1 aliphatic rings. The highest BCUT2D eigenvalue weighted by Gasteiger charge is 2.63. The van der Waals surface area contributed by atoms with Crippen molar-refractivity contribution in [3.05, 3.63) is 126 Å². The quantitative estimate of drug-likeness (QED) is 0.0563. The molecule has 0 saturated carbocycles. The van der Waals surface area contributed by atoms with Gasteiger partial charge in [-0.2, -0.15) is 15.4 Å². The monoisotopic (exact) mass is 838 g/mol. The first-order valence-corrected chi connectivity index (χ1v) is 21.1. The Morgan fingerprint density at radius 1 is 0.917 bits per heavy atom. The number of para-hydroxylation sites is 1. The molecule has 0 aliphatic carbocycles. The lowest BCUT2D eigenvalue weighted by Crippen LogP contribution is -2.46. The van der Waals surface area contributed by atoms with Crippen LogP contribution in [0.3, 0.4) is 0 Å². The number of nitriles is 1. The number of fused-ring (bicyclic) bond motifs is 1. The second-order valence-corrected chi connectivity index (χ2v) is 15.9. The van der Waals surface area contributed by atoms with Gasteiger partial charge in [-0.3, -0.25) is 18.9 Å². The number of anilines is 1. The van der Waals surface area contributed by atoms with Crippen molar-refractivity contribution >= 4 is 37.0 Å². The second kappa shape index (κ2) is 19.8. The zero-order chi connectivity index (χ0) is 42.7. The van der Waals surface area contributed by atoms with Gasteiger partial charge in [-0.1, -0.05) is 106 Å². The third-order valence-corrected chi connectivity index (χ3v) is 11.7. The van der Waals surface area contributed by atoms with Crippen molar-refractivity contribution in [1.82, 2.24) is 19.7 Å². The number of nitrogens with one attached hydrogen (secondary N) is 1. The van der Waals surface area contributed by atoms with Crippen LogP contribution < -0.4 is 15.3 Å². The molecule has 16 nitrogen and oxygen atoms in total. The van der Waals surface area contributed by atoms with Crippen LogP contribution in [0, 0.1) is 17.2 Å². The van der Waals surface area contributed by atoms with Gasteiger partial charge < -0.3 is 29.2 Å². The third kappa shape index (κ3) is 10.4. The number of aromatic nitrogens is 3. The highest BCUT2D eigenvalue weighted by molar-refractivity contribution is 7.52. The average Bonchev–Trinajstić information content (AvgIpc) is 3.81. The minimum atomic E-state index is -4.53. The molecule has 0 bridgehead atoms. The van der Waals surface area contributed by atoms with Gasteiger partial charge in [0.05, 0.1) is 31.7 Å². The van der Waals surface area contributed by atoms with E-state index >= 15 is 0 Å². The van der Waals surface area contributed by atoms with Gasteiger partial charge in [-0.25, -0.2) is 14.1 Å². The zero-order valence-electron chi connectivity index (χ0n) is 33.4. The Kier molecular flexibility index (Phi) is 14.3. The molecule has 0 spiro atoms. The maximum absolute atomic E-state index is 14.7. The number of benzene rings is 3. The van der Waals surface area contributed by atoms with E-state index in [1.165, 1.54) is 23.8 Å². The van der Waals surface area contributed by atoms with Crippen LogP contribution in [0.4, 0.5) is 5.82 Å². The van der Waals surface area contributed by atoms with Crippen LogP contribution in [-0.2, 0) is 60.9 Å². The van der Waals surface area contributed by atoms with Gasteiger partial charge >= 0.3 is 25.7 Å². The van der Waals surface area contributed by atoms with Gasteiger partial charge in [0, 0.05) is 0 Å². The minimum Gasteiger partial charge on any atom is -0.464 e. The lowest BCUT2D eigenvalue weighted by atomic mass is 9.92. The molecular formula is C43H47N6O10P. The van der Waals surface area contributed by atoms with Crippen LogP contribution in [0.5, 0.6) is 5.75 Å². The Bertz CT molecular complexity index is 2320. The summed E-state index contributed by atoms with van der Waals surface area (Å²) in [5.74, 6) is -1.84. The van der Waals surface area contributed by atoms with Crippen LogP contribution in [-0.4, -0.2) is 70.1 Å². The van der Waals surface area contributed by atoms with E-state index in [1.54, 1.807) is 97.1 Å². The van der Waals surface area contributed by atoms with Crippen molar-refractivity contribution in [3.63, 3.8) is 0 Å². The molecule has 6 rings (SSSR count). The number of ether oxygens (including phenoxy) is 4. The number of hydrogen-bond donors (Lipinski definition) is 2. The Morgan fingerprint density at radius 2 is 1.52 bits per heavy atom. The number of nitrogens with zero attached hydrogens (tertiary/aromatic N) is 4. The van der Waals surface area contributed by atoms with Crippen LogP contribution >= 0.6 is 7.75 Å². The molecule has 1 unspecified atom stereocenters. The summed E-state index contributed by atoms with van der Waals surface area (Å²) in [5, 5.41) is 18.1. The van der Waals surface area contributed by atoms with E-state index in [0.29, 0.717) is 16.6 Å². The number of carbonyl (C=O) groups is 3. The molecule has 2 aromatic heterocycles. The molecule has 3 heterocycles. The van der Waals surface area contributed by atoms with Crippen LogP contribution in [0.1, 0.15) is 50.4 Å². The fraction of sp³-hybridized carbons (Fsp3) is 0.349. The van der Waals surface area contributed by atoms with Gasteiger partial charge in [0.1, 0.15) is 35.8 Å². The van der Waals surface area contributed by atoms with Crippen molar-refractivity contribution in [2.45, 2.75) is 76.4 Å². The van der Waals surface area contributed by atoms with E-state index in [2.05, 4.69) is 21.2 Å². The number of carbonyl (C=O) groups excluding carboxylic acids is 3. The Morgan fingerprint density at radius 3 is 2.12 bits per heavy atom. The first kappa shape index (κ1) is 43.5. The number of hydrogen-bond acceptors (Lipinski definition) is 14. The molecule has 0 radical (unpaired) electrons. The molecule has 60 heavy (non-hydrogen) atoms. The molecule has 3 N–H and O–H groups in total.